The van der Waals surface area contributed by atoms with Gasteiger partial charge in [-0.15, -0.1) is 0 Å². The lowest BCUT2D eigenvalue weighted by molar-refractivity contribution is -0.159. The molecule has 0 spiro atoms. The molecule has 0 aliphatic carbocycles. The molecule has 4 N–H and O–H groups in total. The fourth-order valence-corrected chi connectivity index (χ4v) is 4.45. The molecule has 3 atom stereocenters. The third-order valence-electron chi connectivity index (χ3n) is 6.43. The molecule has 0 aliphatic rings. The fourth-order valence-electron chi connectivity index (χ4n) is 4.45. The van der Waals surface area contributed by atoms with Crippen molar-refractivity contribution in [2.75, 3.05) is 7.05 Å². The van der Waals surface area contributed by atoms with Crippen LogP contribution in [0.5, 0.6) is 0 Å². The van der Waals surface area contributed by atoms with E-state index in [9.17, 15) is 24.0 Å². The number of carbonyl (C=O) groups is 5. The van der Waals surface area contributed by atoms with E-state index in [1.165, 1.54) is 11.9 Å². The van der Waals surface area contributed by atoms with E-state index in [0.29, 0.717) is 5.56 Å². The van der Waals surface area contributed by atoms with E-state index in [1.54, 1.807) is 72.7 Å². The van der Waals surface area contributed by atoms with Crippen LogP contribution >= 0.6 is 0 Å². The molecule has 0 aromatic heterocycles. The second-order valence-corrected chi connectivity index (χ2v) is 12.7. The highest BCUT2D eigenvalue weighted by atomic mass is 16.6. The number of ether oxygens (including phenoxy) is 2. The predicted molar refractivity (Wildman–Crippen MR) is 166 cm³/mol. The van der Waals surface area contributed by atoms with Crippen molar-refractivity contribution in [3.05, 3.63) is 71.3 Å². The lowest BCUT2D eigenvalue weighted by Crippen LogP contribution is -2.54. The van der Waals surface area contributed by atoms with E-state index in [1.807, 2.05) is 30.3 Å². The van der Waals surface area contributed by atoms with Crippen molar-refractivity contribution in [3.8, 4) is 0 Å². The number of primary amides is 1. The van der Waals surface area contributed by atoms with Gasteiger partial charge in [0, 0.05) is 19.9 Å². The summed E-state index contributed by atoms with van der Waals surface area (Å²) in [7, 11) is 1.42. The van der Waals surface area contributed by atoms with Crippen molar-refractivity contribution >= 4 is 29.8 Å². The third kappa shape index (κ3) is 11.7. The van der Waals surface area contributed by atoms with Crippen molar-refractivity contribution in [2.24, 2.45) is 5.73 Å². The van der Waals surface area contributed by atoms with Crippen molar-refractivity contribution in [1.29, 1.82) is 0 Å². The van der Waals surface area contributed by atoms with Gasteiger partial charge in [-0.05, 0) is 71.6 Å². The number of rotatable bonds is 12. The molecule has 44 heavy (non-hydrogen) atoms. The molecular weight excluding hydrogens is 564 g/mol. The lowest BCUT2D eigenvalue weighted by Gasteiger charge is -2.33. The first-order valence-corrected chi connectivity index (χ1v) is 14.5. The Hall–Kier alpha value is -4.41. The molecule has 0 aliphatic heterocycles. The van der Waals surface area contributed by atoms with Gasteiger partial charge in [-0.3, -0.25) is 14.4 Å². The van der Waals surface area contributed by atoms with Crippen LogP contribution in [0.2, 0.25) is 0 Å². The van der Waals surface area contributed by atoms with Crippen LogP contribution in [-0.2, 0) is 35.1 Å². The SMILES string of the molecule is Cc1ccccc1C(C(=O)NC(Cc1ccccc1)C(=O)OC(C)(C)C)N(C)C(=O)C(CCC(N)=O)NC(=O)OC(C)(C)C. The van der Waals surface area contributed by atoms with E-state index in [-0.39, 0.29) is 19.3 Å². The number of aryl methyl sites for hydroxylation is 1. The Balaban J connectivity index is 2.49. The van der Waals surface area contributed by atoms with Gasteiger partial charge in [-0.1, -0.05) is 54.6 Å². The van der Waals surface area contributed by atoms with Gasteiger partial charge in [0.25, 0.3) is 0 Å². The molecule has 0 bridgehead atoms. The molecule has 0 fully saturated rings. The van der Waals surface area contributed by atoms with Gasteiger partial charge in [0.05, 0.1) is 0 Å². The quantitative estimate of drug-likeness (QED) is 0.309. The van der Waals surface area contributed by atoms with Crippen LogP contribution in [0.3, 0.4) is 0 Å². The van der Waals surface area contributed by atoms with Crippen LogP contribution in [0.25, 0.3) is 0 Å². The summed E-state index contributed by atoms with van der Waals surface area (Å²) in [5.74, 6) is -2.57. The van der Waals surface area contributed by atoms with Gasteiger partial charge in [-0.2, -0.15) is 0 Å². The summed E-state index contributed by atoms with van der Waals surface area (Å²) in [4.78, 5) is 66.7. The smallest absolute Gasteiger partial charge is 0.408 e. The Labute approximate surface area is 259 Å². The highest BCUT2D eigenvalue weighted by Gasteiger charge is 2.37. The molecule has 3 unspecified atom stereocenters. The second kappa shape index (κ2) is 15.4. The summed E-state index contributed by atoms with van der Waals surface area (Å²) in [6, 6.07) is 12.7. The Morgan fingerprint density at radius 3 is 1.93 bits per heavy atom. The van der Waals surface area contributed by atoms with E-state index >= 15 is 0 Å². The van der Waals surface area contributed by atoms with E-state index in [2.05, 4.69) is 10.6 Å². The first-order chi connectivity index (χ1) is 20.4. The Morgan fingerprint density at radius 2 is 1.39 bits per heavy atom. The van der Waals surface area contributed by atoms with Gasteiger partial charge in [0.2, 0.25) is 17.7 Å². The number of nitrogens with zero attached hydrogens (tertiary/aromatic N) is 1. The number of nitrogens with two attached hydrogens (primary N) is 1. The zero-order valence-corrected chi connectivity index (χ0v) is 26.9. The number of alkyl carbamates (subject to hydrolysis) is 1. The minimum absolute atomic E-state index is 0.117. The monoisotopic (exact) mass is 610 g/mol. The number of hydrogen-bond acceptors (Lipinski definition) is 7. The number of esters is 1. The van der Waals surface area contributed by atoms with E-state index in [4.69, 9.17) is 15.2 Å². The molecule has 0 saturated carbocycles. The molecule has 2 aromatic carbocycles. The number of nitrogens with one attached hydrogen (secondary N) is 2. The molecular formula is C33H46N4O7. The Kier molecular flexibility index (Phi) is 12.5. The minimum atomic E-state index is -1.23. The molecule has 240 valence electrons. The van der Waals surface area contributed by atoms with Gasteiger partial charge in [-0.25, -0.2) is 9.59 Å². The molecule has 2 aromatic rings. The molecule has 11 nitrogen and oxygen atoms in total. The van der Waals surface area contributed by atoms with E-state index < -0.39 is 59.1 Å². The first-order valence-electron chi connectivity index (χ1n) is 14.5. The molecule has 0 radical (unpaired) electrons. The van der Waals surface area contributed by atoms with Crippen molar-refractivity contribution in [2.45, 2.75) is 97.1 Å². The number of carbonyl (C=O) groups excluding carboxylic acids is 5. The molecule has 4 amide bonds. The maximum atomic E-state index is 14.1. The average molecular weight is 611 g/mol. The predicted octanol–water partition coefficient (Wildman–Crippen LogP) is 3.72. The molecule has 11 heteroatoms. The van der Waals surface area contributed by atoms with Crippen LogP contribution in [0.15, 0.2) is 54.6 Å². The van der Waals surface area contributed by atoms with E-state index in [0.717, 1.165) is 11.1 Å². The summed E-state index contributed by atoms with van der Waals surface area (Å²) < 4.78 is 11.0. The maximum absolute atomic E-state index is 14.1. The molecule has 0 saturated heterocycles. The topological polar surface area (TPSA) is 157 Å². The maximum Gasteiger partial charge on any atom is 0.408 e. The highest BCUT2D eigenvalue weighted by Crippen LogP contribution is 2.25. The summed E-state index contributed by atoms with van der Waals surface area (Å²) in [6.07, 6.45) is -1.02. The normalized spacial score (nSPS) is 13.5. The van der Waals surface area contributed by atoms with Crippen LogP contribution in [0.1, 0.15) is 77.1 Å². The van der Waals surface area contributed by atoms with Crippen LogP contribution in [-0.4, -0.2) is 65.0 Å². The lowest BCUT2D eigenvalue weighted by atomic mass is 9.97. The van der Waals surface area contributed by atoms with Crippen molar-refractivity contribution in [1.82, 2.24) is 15.5 Å². The summed E-state index contributed by atoms with van der Waals surface area (Å²) in [5, 5.41) is 5.34. The minimum Gasteiger partial charge on any atom is -0.458 e. The standard InChI is InChI=1S/C33H46N4O7/c1-21-14-12-13-17-23(21)27(37(8)29(40)24(18-19-26(34)38)36-31(42)44-33(5,6)7)28(39)35-25(30(41)43-32(2,3)4)20-22-15-10-9-11-16-22/h9-17,24-25,27H,18-20H2,1-8H3,(H2,34,38)(H,35,39)(H,36,42). The third-order valence-corrected chi connectivity index (χ3v) is 6.43. The fraction of sp³-hybridized carbons (Fsp3) is 0.485. The van der Waals surface area contributed by atoms with Crippen LogP contribution in [0.4, 0.5) is 4.79 Å². The molecule has 0 heterocycles. The van der Waals surface area contributed by atoms with Crippen LogP contribution in [0, 0.1) is 6.92 Å². The van der Waals surface area contributed by atoms with Gasteiger partial charge in [0.15, 0.2) is 0 Å². The summed E-state index contributed by atoms with van der Waals surface area (Å²) >= 11 is 0. The summed E-state index contributed by atoms with van der Waals surface area (Å²) in [5.41, 5.74) is 5.72. The second-order valence-electron chi connectivity index (χ2n) is 12.7. The largest absolute Gasteiger partial charge is 0.458 e. The Morgan fingerprint density at radius 1 is 0.818 bits per heavy atom. The number of hydrogen-bond donors (Lipinski definition) is 3. The Bertz CT molecular complexity index is 1320. The molecule has 2 rings (SSSR count). The van der Waals surface area contributed by atoms with Gasteiger partial charge < -0.3 is 30.7 Å². The van der Waals surface area contributed by atoms with Gasteiger partial charge in [0.1, 0.15) is 29.3 Å². The first kappa shape index (κ1) is 35.8. The average Bonchev–Trinajstić information content (AvgIpc) is 2.90. The summed E-state index contributed by atoms with van der Waals surface area (Å²) in [6.45, 7) is 12.0. The highest BCUT2D eigenvalue weighted by molar-refractivity contribution is 5.94. The van der Waals surface area contributed by atoms with Gasteiger partial charge >= 0.3 is 12.1 Å². The van der Waals surface area contributed by atoms with Crippen LogP contribution < -0.4 is 16.4 Å². The van der Waals surface area contributed by atoms with Crippen molar-refractivity contribution < 1.29 is 33.4 Å². The van der Waals surface area contributed by atoms with Crippen molar-refractivity contribution in [3.63, 3.8) is 0 Å². The number of amides is 4. The number of benzene rings is 2. The zero-order valence-electron chi connectivity index (χ0n) is 26.9. The number of likely N-dealkylation sites (N-methyl/N-ethyl adjacent to an activating group) is 1. The zero-order chi connectivity index (χ0) is 33.2.